The monoisotopic (exact) mass is 281 g/mol. The van der Waals surface area contributed by atoms with E-state index in [-0.39, 0.29) is 11.3 Å². The highest BCUT2D eigenvalue weighted by Crippen LogP contribution is 2.32. The fourth-order valence-corrected chi connectivity index (χ4v) is 2.01. The summed E-state index contributed by atoms with van der Waals surface area (Å²) in [5, 5.41) is 9.97. The van der Waals surface area contributed by atoms with Crippen molar-refractivity contribution in [2.75, 3.05) is 5.73 Å². The van der Waals surface area contributed by atoms with Crippen molar-refractivity contribution in [2.24, 2.45) is 0 Å². The molecule has 2 aromatic rings. The lowest BCUT2D eigenvalue weighted by atomic mass is 10.0. The van der Waals surface area contributed by atoms with Crippen molar-refractivity contribution in [1.82, 2.24) is 0 Å². The lowest BCUT2D eigenvalue weighted by Crippen LogP contribution is -2.04. The van der Waals surface area contributed by atoms with Crippen LogP contribution in [-0.2, 0) is 0 Å². The lowest BCUT2D eigenvalue weighted by Gasteiger charge is -2.10. The zero-order chi connectivity index (χ0) is 13.3. The SMILES string of the molecule is Nc1c(C(=O)O)cc(Cl)cc1-c1ccc(Cl)cc1. The molecule has 0 bridgehead atoms. The fourth-order valence-electron chi connectivity index (χ4n) is 1.66. The van der Waals surface area contributed by atoms with Crippen molar-refractivity contribution in [3.05, 3.63) is 52.0 Å². The molecular formula is C13H9Cl2NO2. The van der Waals surface area contributed by atoms with Crippen LogP contribution in [0.25, 0.3) is 11.1 Å². The number of benzene rings is 2. The first-order valence-corrected chi connectivity index (χ1v) is 5.83. The van der Waals surface area contributed by atoms with Gasteiger partial charge in [-0.25, -0.2) is 4.79 Å². The van der Waals surface area contributed by atoms with Gasteiger partial charge in [0, 0.05) is 15.6 Å². The molecule has 0 aromatic heterocycles. The molecule has 0 spiro atoms. The van der Waals surface area contributed by atoms with E-state index in [0.717, 1.165) is 5.56 Å². The molecule has 0 saturated carbocycles. The van der Waals surface area contributed by atoms with Crippen molar-refractivity contribution in [2.45, 2.75) is 0 Å². The van der Waals surface area contributed by atoms with Crippen LogP contribution in [0.15, 0.2) is 36.4 Å². The Morgan fingerprint density at radius 3 is 2.22 bits per heavy atom. The number of hydrogen-bond donors (Lipinski definition) is 2. The van der Waals surface area contributed by atoms with Crippen molar-refractivity contribution < 1.29 is 9.90 Å². The standard InChI is InChI=1S/C13H9Cl2NO2/c14-8-3-1-7(2-4-8)10-5-9(15)6-11(12(10)16)13(17)18/h1-6H,16H2,(H,17,18). The van der Waals surface area contributed by atoms with E-state index in [0.29, 0.717) is 15.6 Å². The quantitative estimate of drug-likeness (QED) is 0.820. The Hall–Kier alpha value is -1.71. The Kier molecular flexibility index (Phi) is 3.45. The van der Waals surface area contributed by atoms with E-state index in [1.807, 2.05) is 0 Å². The van der Waals surface area contributed by atoms with Gasteiger partial charge in [-0.1, -0.05) is 35.3 Å². The summed E-state index contributed by atoms with van der Waals surface area (Å²) in [7, 11) is 0. The van der Waals surface area contributed by atoms with E-state index >= 15 is 0 Å². The first-order valence-electron chi connectivity index (χ1n) is 5.07. The Morgan fingerprint density at radius 1 is 1.06 bits per heavy atom. The summed E-state index contributed by atoms with van der Waals surface area (Å²) in [6.07, 6.45) is 0. The number of carboxylic acid groups (broad SMARTS) is 1. The fraction of sp³-hybridized carbons (Fsp3) is 0. The van der Waals surface area contributed by atoms with Gasteiger partial charge >= 0.3 is 5.97 Å². The Balaban J connectivity index is 2.64. The average Bonchev–Trinajstić information content (AvgIpc) is 2.32. The van der Waals surface area contributed by atoms with E-state index < -0.39 is 5.97 Å². The number of nitrogens with two attached hydrogens (primary N) is 1. The highest BCUT2D eigenvalue weighted by molar-refractivity contribution is 6.31. The molecule has 0 aliphatic heterocycles. The number of hydrogen-bond acceptors (Lipinski definition) is 2. The minimum Gasteiger partial charge on any atom is -0.478 e. The van der Waals surface area contributed by atoms with E-state index in [9.17, 15) is 4.79 Å². The molecule has 0 radical (unpaired) electrons. The Morgan fingerprint density at radius 2 is 1.67 bits per heavy atom. The highest BCUT2D eigenvalue weighted by atomic mass is 35.5. The van der Waals surface area contributed by atoms with Crippen LogP contribution in [0.4, 0.5) is 5.69 Å². The Labute approximate surface area is 114 Å². The molecule has 0 aliphatic rings. The van der Waals surface area contributed by atoms with Crippen LogP contribution < -0.4 is 5.73 Å². The molecule has 0 amide bonds. The number of carbonyl (C=O) groups is 1. The molecule has 2 rings (SSSR count). The third-order valence-electron chi connectivity index (χ3n) is 2.53. The zero-order valence-electron chi connectivity index (χ0n) is 9.15. The third-order valence-corrected chi connectivity index (χ3v) is 3.00. The molecule has 0 atom stereocenters. The number of nitrogen functional groups attached to an aromatic ring is 1. The average molecular weight is 282 g/mol. The van der Waals surface area contributed by atoms with Crippen LogP contribution in [-0.4, -0.2) is 11.1 Å². The molecular weight excluding hydrogens is 273 g/mol. The van der Waals surface area contributed by atoms with E-state index in [1.54, 1.807) is 30.3 Å². The largest absolute Gasteiger partial charge is 0.478 e. The second kappa shape index (κ2) is 4.88. The van der Waals surface area contributed by atoms with Crippen molar-refractivity contribution >= 4 is 34.9 Å². The van der Waals surface area contributed by atoms with E-state index in [2.05, 4.69) is 0 Å². The molecule has 0 unspecified atom stereocenters. The highest BCUT2D eigenvalue weighted by Gasteiger charge is 2.14. The topological polar surface area (TPSA) is 63.3 Å². The van der Waals surface area contributed by atoms with E-state index in [1.165, 1.54) is 6.07 Å². The molecule has 2 aromatic carbocycles. The summed E-state index contributed by atoms with van der Waals surface area (Å²) in [4.78, 5) is 11.1. The molecule has 3 nitrogen and oxygen atoms in total. The first-order chi connectivity index (χ1) is 8.49. The van der Waals surface area contributed by atoms with Crippen molar-refractivity contribution in [3.63, 3.8) is 0 Å². The summed E-state index contributed by atoms with van der Waals surface area (Å²) in [6, 6.07) is 9.90. The second-order valence-corrected chi connectivity index (χ2v) is 4.60. The molecule has 0 heterocycles. The van der Waals surface area contributed by atoms with Gasteiger partial charge in [0.15, 0.2) is 0 Å². The van der Waals surface area contributed by atoms with Crippen LogP contribution in [0.2, 0.25) is 10.0 Å². The van der Waals surface area contributed by atoms with Gasteiger partial charge in [-0.15, -0.1) is 0 Å². The molecule has 0 aliphatic carbocycles. The maximum Gasteiger partial charge on any atom is 0.337 e. The maximum atomic E-state index is 11.1. The van der Waals surface area contributed by atoms with Gasteiger partial charge in [0.2, 0.25) is 0 Å². The number of halogens is 2. The zero-order valence-corrected chi connectivity index (χ0v) is 10.7. The molecule has 18 heavy (non-hydrogen) atoms. The van der Waals surface area contributed by atoms with Gasteiger partial charge in [-0.05, 0) is 29.8 Å². The lowest BCUT2D eigenvalue weighted by molar-refractivity contribution is 0.0698. The maximum absolute atomic E-state index is 11.1. The predicted octanol–water partition coefficient (Wildman–Crippen LogP) is 3.94. The molecule has 0 fully saturated rings. The summed E-state index contributed by atoms with van der Waals surface area (Å²) >= 11 is 11.7. The number of aromatic carboxylic acids is 1. The molecule has 5 heteroatoms. The summed E-state index contributed by atoms with van der Waals surface area (Å²) < 4.78 is 0. The summed E-state index contributed by atoms with van der Waals surface area (Å²) in [5.74, 6) is -1.11. The van der Waals surface area contributed by atoms with Gasteiger partial charge in [0.25, 0.3) is 0 Å². The van der Waals surface area contributed by atoms with Crippen molar-refractivity contribution in [1.29, 1.82) is 0 Å². The number of anilines is 1. The Bertz CT molecular complexity index is 609. The van der Waals surface area contributed by atoms with Crippen LogP contribution in [0.5, 0.6) is 0 Å². The predicted molar refractivity (Wildman–Crippen MR) is 73.3 cm³/mol. The van der Waals surface area contributed by atoms with Crippen LogP contribution in [0, 0.1) is 0 Å². The van der Waals surface area contributed by atoms with E-state index in [4.69, 9.17) is 34.0 Å². The first kappa shape index (κ1) is 12.7. The number of carboxylic acids is 1. The van der Waals surface area contributed by atoms with Crippen LogP contribution in [0.1, 0.15) is 10.4 Å². The molecule has 3 N–H and O–H groups in total. The third kappa shape index (κ3) is 2.42. The van der Waals surface area contributed by atoms with Gasteiger partial charge in [0.1, 0.15) is 0 Å². The normalized spacial score (nSPS) is 10.3. The summed E-state index contributed by atoms with van der Waals surface area (Å²) in [6.45, 7) is 0. The minimum absolute atomic E-state index is 0.00699. The molecule has 0 saturated heterocycles. The van der Waals surface area contributed by atoms with Gasteiger partial charge < -0.3 is 10.8 Å². The van der Waals surface area contributed by atoms with Gasteiger partial charge in [-0.2, -0.15) is 0 Å². The van der Waals surface area contributed by atoms with Crippen LogP contribution in [0.3, 0.4) is 0 Å². The minimum atomic E-state index is -1.11. The second-order valence-electron chi connectivity index (χ2n) is 3.73. The summed E-state index contributed by atoms with van der Waals surface area (Å²) in [5.41, 5.74) is 7.38. The smallest absolute Gasteiger partial charge is 0.337 e. The van der Waals surface area contributed by atoms with Gasteiger partial charge in [0.05, 0.1) is 11.3 Å². The number of rotatable bonds is 2. The van der Waals surface area contributed by atoms with Crippen LogP contribution >= 0.6 is 23.2 Å². The van der Waals surface area contributed by atoms with Crippen molar-refractivity contribution in [3.8, 4) is 11.1 Å². The van der Waals surface area contributed by atoms with Gasteiger partial charge in [-0.3, -0.25) is 0 Å². The molecule has 92 valence electrons.